The molecule has 0 heterocycles. The summed E-state index contributed by atoms with van der Waals surface area (Å²) in [5, 5.41) is 8.82. The third-order valence-corrected chi connectivity index (χ3v) is 4.00. The fraction of sp³-hybridized carbons (Fsp3) is 0.133. The molecule has 0 aromatic heterocycles. The minimum atomic E-state index is -4.02. The van der Waals surface area contributed by atoms with E-state index in [9.17, 15) is 8.42 Å². The molecule has 6 heteroatoms. The van der Waals surface area contributed by atoms with E-state index in [0.717, 1.165) is 5.56 Å². The van der Waals surface area contributed by atoms with Gasteiger partial charge in [-0.05, 0) is 42.8 Å². The molecule has 0 radical (unpaired) electrons. The summed E-state index contributed by atoms with van der Waals surface area (Å²) in [6, 6.07) is 12.5. The van der Waals surface area contributed by atoms with E-state index < -0.39 is 10.1 Å². The molecule has 0 aliphatic rings. The van der Waals surface area contributed by atoms with Gasteiger partial charge in [-0.15, -0.1) is 0 Å². The van der Waals surface area contributed by atoms with Gasteiger partial charge >= 0.3 is 10.1 Å². The van der Waals surface area contributed by atoms with Gasteiger partial charge < -0.3 is 8.92 Å². The Kier molecular flexibility index (Phi) is 4.15. The number of rotatable bonds is 4. The van der Waals surface area contributed by atoms with Gasteiger partial charge in [-0.25, -0.2) is 0 Å². The Labute approximate surface area is 123 Å². The average molecular weight is 303 g/mol. The van der Waals surface area contributed by atoms with Crippen LogP contribution in [0.3, 0.4) is 0 Å². The molecular weight excluding hydrogens is 290 g/mol. The smallest absolute Gasteiger partial charge is 0.339 e. The molecule has 2 rings (SSSR count). The normalized spacial score (nSPS) is 10.7. The van der Waals surface area contributed by atoms with Crippen LogP contribution in [0.15, 0.2) is 47.4 Å². The SMILES string of the molecule is COc1cc(C)ccc1OS(=O)(=O)c1cccc(C#N)c1. The van der Waals surface area contributed by atoms with Crippen LogP contribution in [0.2, 0.25) is 0 Å². The van der Waals surface area contributed by atoms with Crippen molar-refractivity contribution in [1.82, 2.24) is 0 Å². The number of aryl methyl sites for hydroxylation is 1. The molecular formula is C15H13NO4S. The van der Waals surface area contributed by atoms with Crippen molar-refractivity contribution in [3.05, 3.63) is 53.6 Å². The van der Waals surface area contributed by atoms with Gasteiger partial charge in [0.2, 0.25) is 0 Å². The third-order valence-electron chi connectivity index (χ3n) is 2.77. The minimum Gasteiger partial charge on any atom is -0.493 e. The van der Waals surface area contributed by atoms with E-state index in [0.29, 0.717) is 5.75 Å². The summed E-state index contributed by atoms with van der Waals surface area (Å²) in [6.45, 7) is 1.86. The molecule has 0 spiro atoms. The standard InChI is InChI=1S/C15H13NO4S/c1-11-6-7-14(15(8-11)19-2)20-21(17,18)13-5-3-4-12(9-13)10-16/h3-9H,1-2H3. The molecule has 0 saturated carbocycles. The molecule has 0 amide bonds. The number of benzene rings is 2. The first kappa shape index (κ1) is 14.9. The van der Waals surface area contributed by atoms with Crippen LogP contribution in [-0.4, -0.2) is 15.5 Å². The Bertz CT molecular complexity index is 807. The fourth-order valence-corrected chi connectivity index (χ4v) is 2.72. The summed E-state index contributed by atoms with van der Waals surface area (Å²) < 4.78 is 34.7. The summed E-state index contributed by atoms with van der Waals surface area (Å²) in [6.07, 6.45) is 0. The molecule has 2 aromatic carbocycles. The van der Waals surface area contributed by atoms with Crippen molar-refractivity contribution in [2.75, 3.05) is 7.11 Å². The van der Waals surface area contributed by atoms with Crippen molar-refractivity contribution in [3.8, 4) is 17.6 Å². The van der Waals surface area contributed by atoms with E-state index in [2.05, 4.69) is 0 Å². The van der Waals surface area contributed by atoms with Crippen molar-refractivity contribution >= 4 is 10.1 Å². The molecule has 0 aliphatic heterocycles. The van der Waals surface area contributed by atoms with E-state index >= 15 is 0 Å². The first-order valence-corrected chi connectivity index (χ1v) is 7.46. The monoisotopic (exact) mass is 303 g/mol. The van der Waals surface area contributed by atoms with Gasteiger partial charge in [0.25, 0.3) is 0 Å². The highest BCUT2D eigenvalue weighted by atomic mass is 32.2. The summed E-state index contributed by atoms with van der Waals surface area (Å²) in [5.41, 5.74) is 1.17. The number of nitrogens with zero attached hydrogens (tertiary/aromatic N) is 1. The van der Waals surface area contributed by atoms with Crippen molar-refractivity contribution in [2.24, 2.45) is 0 Å². The van der Waals surface area contributed by atoms with E-state index in [1.165, 1.54) is 37.4 Å². The molecule has 0 aliphatic carbocycles. The predicted octanol–water partition coefficient (Wildman–Crippen LogP) is 2.64. The van der Waals surface area contributed by atoms with Crippen molar-refractivity contribution in [3.63, 3.8) is 0 Å². The summed E-state index contributed by atoms with van der Waals surface area (Å²) in [7, 11) is -2.59. The number of hydrogen-bond donors (Lipinski definition) is 0. The molecule has 108 valence electrons. The number of nitriles is 1. The Morgan fingerprint density at radius 2 is 1.86 bits per heavy atom. The molecule has 2 aromatic rings. The lowest BCUT2D eigenvalue weighted by Gasteiger charge is -2.11. The Morgan fingerprint density at radius 3 is 2.52 bits per heavy atom. The largest absolute Gasteiger partial charge is 0.493 e. The van der Waals surface area contributed by atoms with Crippen LogP contribution in [-0.2, 0) is 10.1 Å². The van der Waals surface area contributed by atoms with Gasteiger partial charge in [0, 0.05) is 0 Å². The lowest BCUT2D eigenvalue weighted by atomic mass is 10.2. The maximum atomic E-state index is 12.2. The topological polar surface area (TPSA) is 76.4 Å². The molecule has 0 saturated heterocycles. The Hall–Kier alpha value is -2.52. The van der Waals surface area contributed by atoms with Crippen LogP contribution in [0.5, 0.6) is 11.5 Å². The van der Waals surface area contributed by atoms with Crippen molar-refractivity contribution in [2.45, 2.75) is 11.8 Å². The molecule has 5 nitrogen and oxygen atoms in total. The summed E-state index contributed by atoms with van der Waals surface area (Å²) in [4.78, 5) is -0.0795. The highest BCUT2D eigenvalue weighted by Crippen LogP contribution is 2.30. The molecule has 0 atom stereocenters. The molecule has 0 unspecified atom stereocenters. The van der Waals surface area contributed by atoms with Crippen LogP contribution in [0.1, 0.15) is 11.1 Å². The minimum absolute atomic E-state index is 0.0795. The summed E-state index contributed by atoms with van der Waals surface area (Å²) >= 11 is 0. The first-order valence-electron chi connectivity index (χ1n) is 6.05. The van der Waals surface area contributed by atoms with Gasteiger partial charge in [0.1, 0.15) is 4.90 Å². The molecule has 21 heavy (non-hydrogen) atoms. The van der Waals surface area contributed by atoms with Crippen LogP contribution in [0, 0.1) is 18.3 Å². The average Bonchev–Trinajstić information content (AvgIpc) is 2.49. The molecule has 0 N–H and O–H groups in total. The van der Waals surface area contributed by atoms with Crippen LogP contribution >= 0.6 is 0 Å². The maximum absolute atomic E-state index is 12.2. The van der Waals surface area contributed by atoms with Gasteiger partial charge in [-0.1, -0.05) is 12.1 Å². The second-order valence-electron chi connectivity index (χ2n) is 4.33. The van der Waals surface area contributed by atoms with Gasteiger partial charge in [-0.3, -0.25) is 0 Å². The quantitative estimate of drug-likeness (QED) is 0.812. The number of ether oxygens (including phenoxy) is 1. The molecule has 0 fully saturated rings. The lowest BCUT2D eigenvalue weighted by Crippen LogP contribution is -2.10. The van der Waals surface area contributed by atoms with E-state index in [4.69, 9.17) is 14.2 Å². The second-order valence-corrected chi connectivity index (χ2v) is 5.88. The van der Waals surface area contributed by atoms with Crippen LogP contribution in [0.25, 0.3) is 0 Å². The Balaban J connectivity index is 2.40. The lowest BCUT2D eigenvalue weighted by molar-refractivity contribution is 0.390. The van der Waals surface area contributed by atoms with Gasteiger partial charge in [0.15, 0.2) is 11.5 Å². The maximum Gasteiger partial charge on any atom is 0.339 e. The Morgan fingerprint density at radius 1 is 1.10 bits per heavy atom. The van der Waals surface area contributed by atoms with Crippen LogP contribution in [0.4, 0.5) is 0 Å². The molecule has 0 bridgehead atoms. The second kappa shape index (κ2) is 5.85. The first-order chi connectivity index (χ1) is 9.96. The zero-order valence-electron chi connectivity index (χ0n) is 11.5. The van der Waals surface area contributed by atoms with Crippen molar-refractivity contribution in [1.29, 1.82) is 5.26 Å². The summed E-state index contributed by atoms with van der Waals surface area (Å²) in [5.74, 6) is 0.431. The fourth-order valence-electron chi connectivity index (χ4n) is 1.73. The van der Waals surface area contributed by atoms with E-state index in [1.54, 1.807) is 12.1 Å². The van der Waals surface area contributed by atoms with Gasteiger partial charge in [0.05, 0.1) is 18.7 Å². The highest BCUT2D eigenvalue weighted by Gasteiger charge is 2.19. The van der Waals surface area contributed by atoms with Crippen molar-refractivity contribution < 1.29 is 17.3 Å². The van der Waals surface area contributed by atoms with Gasteiger partial charge in [-0.2, -0.15) is 13.7 Å². The zero-order chi connectivity index (χ0) is 15.5. The zero-order valence-corrected chi connectivity index (χ0v) is 12.3. The van der Waals surface area contributed by atoms with E-state index in [1.807, 2.05) is 13.0 Å². The van der Waals surface area contributed by atoms with E-state index in [-0.39, 0.29) is 16.2 Å². The predicted molar refractivity (Wildman–Crippen MR) is 76.7 cm³/mol. The third kappa shape index (κ3) is 3.33. The van der Waals surface area contributed by atoms with Crippen LogP contribution < -0.4 is 8.92 Å². The number of methoxy groups -OCH3 is 1. The highest BCUT2D eigenvalue weighted by molar-refractivity contribution is 7.87. The number of hydrogen-bond acceptors (Lipinski definition) is 5.